The molecule has 0 saturated carbocycles. The quantitative estimate of drug-likeness (QED) is 0.447. The van der Waals surface area contributed by atoms with Crippen LogP contribution in [0.1, 0.15) is 0 Å². The molecule has 3 rings (SSSR count). The van der Waals surface area contributed by atoms with E-state index in [0.29, 0.717) is 16.5 Å². The monoisotopic (exact) mass is 470 g/mol. The molecule has 6 nitrogen and oxygen atoms in total. The van der Waals surface area contributed by atoms with Gasteiger partial charge in [0.2, 0.25) is 0 Å². The SMILES string of the molecule is COc1ccc(Cl)cc1NC(=O)C[NH+](C)CC(=O)Nc1ccccc1Sc1ccccc1. The Morgan fingerprint density at radius 2 is 1.53 bits per heavy atom. The van der Waals surface area contributed by atoms with Crippen LogP contribution in [0.4, 0.5) is 11.4 Å². The van der Waals surface area contributed by atoms with E-state index in [-0.39, 0.29) is 24.9 Å². The van der Waals surface area contributed by atoms with Gasteiger partial charge in [0.15, 0.2) is 13.1 Å². The molecule has 0 aliphatic heterocycles. The van der Waals surface area contributed by atoms with Gasteiger partial charge in [-0.3, -0.25) is 9.59 Å². The summed E-state index contributed by atoms with van der Waals surface area (Å²) in [4.78, 5) is 27.8. The van der Waals surface area contributed by atoms with Crippen LogP contribution in [0.3, 0.4) is 0 Å². The van der Waals surface area contributed by atoms with Gasteiger partial charge in [0, 0.05) is 14.8 Å². The van der Waals surface area contributed by atoms with Gasteiger partial charge in [0.05, 0.1) is 25.5 Å². The first kappa shape index (κ1) is 23.7. The second-order valence-corrected chi connectivity index (χ2v) is 8.71. The molecular weight excluding hydrogens is 446 g/mol. The summed E-state index contributed by atoms with van der Waals surface area (Å²) >= 11 is 7.59. The van der Waals surface area contributed by atoms with Gasteiger partial charge in [-0.25, -0.2) is 0 Å². The molecule has 2 amide bonds. The summed E-state index contributed by atoms with van der Waals surface area (Å²) in [5.74, 6) is 0.110. The number of amides is 2. The Labute approximate surface area is 196 Å². The van der Waals surface area contributed by atoms with Crippen molar-refractivity contribution in [3.05, 3.63) is 77.8 Å². The Kier molecular flexibility index (Phi) is 8.56. The summed E-state index contributed by atoms with van der Waals surface area (Å²) in [5, 5.41) is 6.24. The summed E-state index contributed by atoms with van der Waals surface area (Å²) in [6.07, 6.45) is 0. The fourth-order valence-electron chi connectivity index (χ4n) is 3.05. The van der Waals surface area contributed by atoms with Crippen molar-refractivity contribution < 1.29 is 19.2 Å². The lowest BCUT2D eigenvalue weighted by Crippen LogP contribution is -3.11. The largest absolute Gasteiger partial charge is 0.495 e. The number of rotatable bonds is 9. The number of nitrogens with one attached hydrogen (secondary N) is 3. The lowest BCUT2D eigenvalue weighted by molar-refractivity contribution is -0.862. The molecule has 8 heteroatoms. The van der Waals surface area contributed by atoms with Crippen LogP contribution in [-0.2, 0) is 9.59 Å². The van der Waals surface area contributed by atoms with Gasteiger partial charge in [-0.15, -0.1) is 0 Å². The van der Waals surface area contributed by atoms with Crippen molar-refractivity contribution in [2.45, 2.75) is 9.79 Å². The zero-order valence-corrected chi connectivity index (χ0v) is 19.4. The van der Waals surface area contributed by atoms with E-state index in [0.717, 1.165) is 20.4 Å². The molecule has 0 radical (unpaired) electrons. The number of anilines is 2. The maximum Gasteiger partial charge on any atom is 0.279 e. The number of hydrogen-bond donors (Lipinski definition) is 3. The first-order valence-electron chi connectivity index (χ1n) is 10.0. The van der Waals surface area contributed by atoms with E-state index < -0.39 is 0 Å². The molecule has 3 N–H and O–H groups in total. The van der Waals surface area contributed by atoms with Crippen LogP contribution in [0.15, 0.2) is 82.6 Å². The van der Waals surface area contributed by atoms with Crippen molar-refractivity contribution >= 4 is 46.6 Å². The third-order valence-corrected chi connectivity index (χ3v) is 5.81. The zero-order chi connectivity index (χ0) is 22.9. The minimum absolute atomic E-state index is 0.115. The Balaban J connectivity index is 1.55. The van der Waals surface area contributed by atoms with Crippen molar-refractivity contribution in [3.8, 4) is 5.75 Å². The van der Waals surface area contributed by atoms with Gasteiger partial charge in [0.25, 0.3) is 11.8 Å². The van der Waals surface area contributed by atoms with E-state index in [2.05, 4.69) is 10.6 Å². The Hall–Kier alpha value is -3.00. The summed E-state index contributed by atoms with van der Waals surface area (Å²) in [6.45, 7) is 0.258. The number of carbonyl (C=O) groups excluding carboxylic acids is 2. The molecule has 3 aromatic carbocycles. The highest BCUT2D eigenvalue weighted by Crippen LogP contribution is 2.33. The van der Waals surface area contributed by atoms with Crippen LogP contribution in [0.25, 0.3) is 0 Å². The summed E-state index contributed by atoms with van der Waals surface area (Å²) < 4.78 is 5.24. The first-order chi connectivity index (χ1) is 15.4. The number of ether oxygens (including phenoxy) is 1. The summed E-state index contributed by atoms with van der Waals surface area (Å²) in [5.41, 5.74) is 1.24. The molecule has 0 bridgehead atoms. The third kappa shape index (κ3) is 7.02. The molecule has 0 fully saturated rings. The number of likely N-dealkylation sites (N-methyl/N-ethyl adjacent to an activating group) is 1. The molecule has 0 aromatic heterocycles. The fraction of sp³-hybridized carbons (Fsp3) is 0.167. The molecule has 166 valence electrons. The van der Waals surface area contributed by atoms with Crippen LogP contribution in [0.2, 0.25) is 5.02 Å². The molecule has 1 unspecified atom stereocenters. The maximum atomic E-state index is 12.6. The van der Waals surface area contributed by atoms with Crippen molar-refractivity contribution in [2.24, 2.45) is 0 Å². The van der Waals surface area contributed by atoms with Crippen LogP contribution in [-0.4, -0.2) is 39.1 Å². The number of methoxy groups -OCH3 is 1. The number of benzene rings is 3. The Bertz CT molecular complexity index is 1080. The van der Waals surface area contributed by atoms with Crippen LogP contribution in [0, 0.1) is 0 Å². The van der Waals surface area contributed by atoms with E-state index in [1.807, 2.05) is 54.6 Å². The molecule has 32 heavy (non-hydrogen) atoms. The molecule has 0 aliphatic rings. The maximum absolute atomic E-state index is 12.6. The first-order valence-corrected chi connectivity index (χ1v) is 11.2. The molecule has 0 saturated heterocycles. The van der Waals surface area contributed by atoms with Crippen LogP contribution in [0.5, 0.6) is 5.75 Å². The molecule has 0 aliphatic carbocycles. The van der Waals surface area contributed by atoms with E-state index in [9.17, 15) is 9.59 Å². The predicted molar refractivity (Wildman–Crippen MR) is 129 cm³/mol. The van der Waals surface area contributed by atoms with Crippen LogP contribution >= 0.6 is 23.4 Å². The van der Waals surface area contributed by atoms with E-state index in [1.54, 1.807) is 37.0 Å². The minimum Gasteiger partial charge on any atom is -0.495 e. The molecule has 3 aromatic rings. The van der Waals surface area contributed by atoms with Crippen molar-refractivity contribution in [1.29, 1.82) is 0 Å². The van der Waals surface area contributed by atoms with Crippen LogP contribution < -0.4 is 20.3 Å². The number of hydrogen-bond acceptors (Lipinski definition) is 4. The van der Waals surface area contributed by atoms with E-state index in [4.69, 9.17) is 16.3 Å². The van der Waals surface area contributed by atoms with Gasteiger partial charge in [-0.05, 0) is 42.5 Å². The number of carbonyl (C=O) groups is 2. The summed E-state index contributed by atoms with van der Waals surface area (Å²) in [7, 11) is 3.31. The average molecular weight is 471 g/mol. The highest BCUT2D eigenvalue weighted by Gasteiger charge is 2.17. The van der Waals surface area contributed by atoms with E-state index >= 15 is 0 Å². The standard InChI is InChI=1S/C24H24ClN3O3S/c1-28(16-24(30)27-20-14-17(25)12-13-21(20)31-2)15-23(29)26-19-10-6-7-11-22(19)32-18-8-4-3-5-9-18/h3-14H,15-16H2,1-2H3,(H,26,29)(H,27,30)/p+1. The Morgan fingerprint density at radius 1 is 0.906 bits per heavy atom. The van der Waals surface area contributed by atoms with Gasteiger partial charge in [-0.2, -0.15) is 0 Å². The molecule has 1 atom stereocenters. The smallest absolute Gasteiger partial charge is 0.279 e. The van der Waals surface area contributed by atoms with Crippen molar-refractivity contribution in [3.63, 3.8) is 0 Å². The van der Waals surface area contributed by atoms with Gasteiger partial charge >= 0.3 is 0 Å². The van der Waals surface area contributed by atoms with Gasteiger partial charge in [0.1, 0.15) is 5.75 Å². The molecular formula is C24H25ClN3O3S+. The lowest BCUT2D eigenvalue weighted by atomic mass is 10.3. The highest BCUT2D eigenvalue weighted by molar-refractivity contribution is 7.99. The second kappa shape index (κ2) is 11.6. The number of para-hydroxylation sites is 1. The van der Waals surface area contributed by atoms with Gasteiger partial charge in [-0.1, -0.05) is 53.7 Å². The fourth-order valence-corrected chi connectivity index (χ4v) is 4.15. The minimum atomic E-state index is -0.240. The van der Waals surface area contributed by atoms with Gasteiger partial charge < -0.3 is 20.3 Å². The zero-order valence-electron chi connectivity index (χ0n) is 17.9. The van der Waals surface area contributed by atoms with E-state index in [1.165, 1.54) is 7.11 Å². The van der Waals surface area contributed by atoms with Crippen molar-refractivity contribution in [1.82, 2.24) is 0 Å². The summed E-state index contributed by atoms with van der Waals surface area (Å²) in [6, 6.07) is 22.6. The number of halogens is 1. The topological polar surface area (TPSA) is 71.9 Å². The Morgan fingerprint density at radius 3 is 2.22 bits per heavy atom. The highest BCUT2D eigenvalue weighted by atomic mass is 35.5. The number of quaternary nitrogens is 1. The normalized spacial score (nSPS) is 11.5. The lowest BCUT2D eigenvalue weighted by Gasteiger charge is -2.16. The molecule has 0 heterocycles. The average Bonchev–Trinajstić information content (AvgIpc) is 2.75. The predicted octanol–water partition coefficient (Wildman–Crippen LogP) is 3.59. The second-order valence-electron chi connectivity index (χ2n) is 7.16. The third-order valence-electron chi connectivity index (χ3n) is 4.49. The molecule has 0 spiro atoms. The van der Waals surface area contributed by atoms with Crippen molar-refractivity contribution in [2.75, 3.05) is 37.9 Å².